The number of aryl methyl sites for hydroxylation is 1. The average molecular weight is 318 g/mol. The Labute approximate surface area is 135 Å². The van der Waals surface area contributed by atoms with E-state index in [-0.39, 0.29) is 5.54 Å². The first-order valence-corrected chi connectivity index (χ1v) is 7.82. The number of hydrogen-bond acceptors (Lipinski definition) is 4. The fraction of sp³-hybridized carbons (Fsp3) is 0.412. The SMILES string of the molecule is Cc1cc(-c2ccc(OC[C@]3(C)CC(C)N3)c(Cl)c2)ncn1. The Kier molecular flexibility index (Phi) is 4.06. The van der Waals surface area contributed by atoms with Gasteiger partial charge >= 0.3 is 0 Å². The van der Waals surface area contributed by atoms with E-state index in [4.69, 9.17) is 16.3 Å². The summed E-state index contributed by atoms with van der Waals surface area (Å²) in [6.07, 6.45) is 2.68. The van der Waals surface area contributed by atoms with Crippen molar-refractivity contribution in [2.45, 2.75) is 38.8 Å². The van der Waals surface area contributed by atoms with Crippen LogP contribution >= 0.6 is 11.6 Å². The van der Waals surface area contributed by atoms with Crippen LogP contribution in [0.15, 0.2) is 30.6 Å². The van der Waals surface area contributed by atoms with Gasteiger partial charge in [-0.2, -0.15) is 0 Å². The van der Waals surface area contributed by atoms with E-state index in [0.717, 1.165) is 23.4 Å². The Balaban J connectivity index is 1.72. The molecule has 116 valence electrons. The summed E-state index contributed by atoms with van der Waals surface area (Å²) in [5, 5.41) is 4.07. The molecule has 0 amide bonds. The highest BCUT2D eigenvalue weighted by Crippen LogP contribution is 2.31. The van der Waals surface area contributed by atoms with E-state index in [0.29, 0.717) is 23.4 Å². The van der Waals surface area contributed by atoms with Gasteiger partial charge in [-0.1, -0.05) is 11.6 Å². The zero-order valence-electron chi connectivity index (χ0n) is 13.1. The van der Waals surface area contributed by atoms with Crippen LogP contribution in [0.3, 0.4) is 0 Å². The molecule has 1 aliphatic heterocycles. The number of rotatable bonds is 4. The van der Waals surface area contributed by atoms with Crippen molar-refractivity contribution in [2.75, 3.05) is 6.61 Å². The van der Waals surface area contributed by atoms with Crippen molar-refractivity contribution >= 4 is 11.6 Å². The number of ether oxygens (including phenoxy) is 1. The van der Waals surface area contributed by atoms with Crippen LogP contribution in [-0.2, 0) is 0 Å². The molecular formula is C17H20ClN3O. The lowest BCUT2D eigenvalue weighted by atomic mass is 9.85. The standard InChI is InChI=1S/C17H20ClN3O/c1-11-6-15(20-10-19-11)13-4-5-16(14(18)7-13)22-9-17(3)8-12(2)21-17/h4-7,10,12,21H,8-9H2,1-3H3/t12?,17-/m0/s1. The molecule has 2 heterocycles. The molecule has 3 rings (SSSR count). The third-order valence-corrected chi connectivity index (χ3v) is 4.22. The summed E-state index contributed by atoms with van der Waals surface area (Å²) in [6.45, 7) is 6.90. The van der Waals surface area contributed by atoms with E-state index in [1.807, 2.05) is 31.2 Å². The molecule has 1 fully saturated rings. The number of hydrogen-bond donors (Lipinski definition) is 1. The number of nitrogens with one attached hydrogen (secondary N) is 1. The molecule has 0 radical (unpaired) electrons. The van der Waals surface area contributed by atoms with E-state index < -0.39 is 0 Å². The van der Waals surface area contributed by atoms with E-state index in [2.05, 4.69) is 29.1 Å². The Morgan fingerprint density at radius 2 is 2.14 bits per heavy atom. The summed E-state index contributed by atoms with van der Waals surface area (Å²) < 4.78 is 5.88. The highest BCUT2D eigenvalue weighted by atomic mass is 35.5. The molecule has 1 saturated heterocycles. The zero-order chi connectivity index (χ0) is 15.7. The molecule has 1 aromatic heterocycles. The molecule has 22 heavy (non-hydrogen) atoms. The minimum Gasteiger partial charge on any atom is -0.490 e. The van der Waals surface area contributed by atoms with Gasteiger partial charge in [-0.25, -0.2) is 9.97 Å². The average Bonchev–Trinajstić information content (AvgIpc) is 2.44. The molecular weight excluding hydrogens is 298 g/mol. The van der Waals surface area contributed by atoms with E-state index >= 15 is 0 Å². The van der Waals surface area contributed by atoms with Crippen molar-refractivity contribution in [3.63, 3.8) is 0 Å². The van der Waals surface area contributed by atoms with Gasteiger partial charge in [-0.15, -0.1) is 0 Å². The van der Waals surface area contributed by atoms with Gasteiger partial charge < -0.3 is 10.1 Å². The highest BCUT2D eigenvalue weighted by molar-refractivity contribution is 6.32. The molecule has 2 aromatic rings. The molecule has 2 atom stereocenters. The van der Waals surface area contributed by atoms with Crippen molar-refractivity contribution in [3.05, 3.63) is 41.3 Å². The predicted octanol–water partition coefficient (Wildman–Crippen LogP) is 3.62. The molecule has 1 N–H and O–H groups in total. The first-order chi connectivity index (χ1) is 10.5. The van der Waals surface area contributed by atoms with Gasteiger partial charge in [0.15, 0.2) is 0 Å². The molecule has 0 saturated carbocycles. The molecule has 0 bridgehead atoms. The van der Waals surface area contributed by atoms with Crippen LogP contribution in [-0.4, -0.2) is 28.2 Å². The number of benzene rings is 1. The first kappa shape index (κ1) is 15.3. The van der Waals surface area contributed by atoms with Crippen molar-refractivity contribution in [2.24, 2.45) is 0 Å². The normalized spacial score (nSPS) is 23.9. The Morgan fingerprint density at radius 1 is 1.36 bits per heavy atom. The summed E-state index contributed by atoms with van der Waals surface area (Å²) in [7, 11) is 0. The Morgan fingerprint density at radius 3 is 2.77 bits per heavy atom. The fourth-order valence-electron chi connectivity index (χ4n) is 2.98. The van der Waals surface area contributed by atoms with E-state index in [1.54, 1.807) is 6.33 Å². The van der Waals surface area contributed by atoms with Gasteiger partial charge in [0.2, 0.25) is 0 Å². The summed E-state index contributed by atoms with van der Waals surface area (Å²) in [4.78, 5) is 8.38. The molecule has 1 aliphatic rings. The van der Waals surface area contributed by atoms with Crippen LogP contribution in [0, 0.1) is 6.92 Å². The molecule has 5 heteroatoms. The second kappa shape index (κ2) is 5.86. The Bertz CT molecular complexity index is 683. The van der Waals surface area contributed by atoms with Gasteiger partial charge in [0.05, 0.1) is 16.3 Å². The summed E-state index contributed by atoms with van der Waals surface area (Å²) in [6, 6.07) is 8.26. The first-order valence-electron chi connectivity index (χ1n) is 7.44. The zero-order valence-corrected chi connectivity index (χ0v) is 13.8. The molecule has 4 nitrogen and oxygen atoms in total. The molecule has 1 aromatic carbocycles. The molecule has 1 unspecified atom stereocenters. The highest BCUT2D eigenvalue weighted by Gasteiger charge is 2.37. The smallest absolute Gasteiger partial charge is 0.138 e. The minimum absolute atomic E-state index is 0.0468. The topological polar surface area (TPSA) is 47.0 Å². The third-order valence-electron chi connectivity index (χ3n) is 3.93. The van der Waals surface area contributed by atoms with E-state index in [9.17, 15) is 0 Å². The summed E-state index contributed by atoms with van der Waals surface area (Å²) in [5.74, 6) is 0.707. The van der Waals surface area contributed by atoms with E-state index in [1.165, 1.54) is 0 Å². The van der Waals surface area contributed by atoms with Crippen LogP contribution in [0.4, 0.5) is 0 Å². The lowest BCUT2D eigenvalue weighted by Crippen LogP contribution is -2.63. The quantitative estimate of drug-likeness (QED) is 0.935. The fourth-order valence-corrected chi connectivity index (χ4v) is 3.21. The second-order valence-corrected chi connectivity index (χ2v) is 6.70. The third kappa shape index (κ3) is 3.23. The lowest BCUT2D eigenvalue weighted by molar-refractivity contribution is 0.0952. The second-order valence-electron chi connectivity index (χ2n) is 6.29. The molecule has 0 spiro atoms. The van der Waals surface area contributed by atoms with Crippen LogP contribution in [0.1, 0.15) is 26.0 Å². The van der Waals surface area contributed by atoms with Crippen molar-refractivity contribution < 1.29 is 4.74 Å². The van der Waals surface area contributed by atoms with Gasteiger partial charge in [0, 0.05) is 17.3 Å². The predicted molar refractivity (Wildman–Crippen MR) is 88.3 cm³/mol. The van der Waals surface area contributed by atoms with Gasteiger partial charge in [-0.3, -0.25) is 0 Å². The van der Waals surface area contributed by atoms with Crippen molar-refractivity contribution in [1.29, 1.82) is 0 Å². The van der Waals surface area contributed by atoms with Crippen LogP contribution in [0.25, 0.3) is 11.3 Å². The Hall–Kier alpha value is -1.65. The van der Waals surface area contributed by atoms with Crippen molar-refractivity contribution in [1.82, 2.24) is 15.3 Å². The van der Waals surface area contributed by atoms with Crippen LogP contribution < -0.4 is 10.1 Å². The molecule has 0 aliphatic carbocycles. The van der Waals surface area contributed by atoms with Gasteiger partial charge in [-0.05, 0) is 51.5 Å². The number of nitrogens with zero attached hydrogens (tertiary/aromatic N) is 2. The largest absolute Gasteiger partial charge is 0.490 e. The summed E-state index contributed by atoms with van der Waals surface area (Å²) >= 11 is 6.35. The van der Waals surface area contributed by atoms with Gasteiger partial charge in [0.1, 0.15) is 18.7 Å². The monoisotopic (exact) mass is 317 g/mol. The van der Waals surface area contributed by atoms with Crippen LogP contribution in [0.5, 0.6) is 5.75 Å². The minimum atomic E-state index is 0.0468. The maximum atomic E-state index is 6.35. The van der Waals surface area contributed by atoms with Crippen molar-refractivity contribution in [3.8, 4) is 17.0 Å². The summed E-state index contributed by atoms with van der Waals surface area (Å²) in [5.41, 5.74) is 2.80. The number of aromatic nitrogens is 2. The maximum Gasteiger partial charge on any atom is 0.138 e. The number of halogens is 1. The maximum absolute atomic E-state index is 6.35. The van der Waals surface area contributed by atoms with Gasteiger partial charge in [0.25, 0.3) is 0 Å². The van der Waals surface area contributed by atoms with Crippen LogP contribution in [0.2, 0.25) is 5.02 Å². The lowest BCUT2D eigenvalue weighted by Gasteiger charge is -2.45.